The zero-order chi connectivity index (χ0) is 31.5. The molecule has 4 aromatic rings. The molecule has 0 saturated heterocycles. The normalized spacial score (nSPS) is 14.4. The minimum absolute atomic E-state index is 0.0577. The summed E-state index contributed by atoms with van der Waals surface area (Å²) in [6.07, 6.45) is 1.46. The van der Waals surface area contributed by atoms with Crippen molar-refractivity contribution < 1.29 is 31.9 Å². The fourth-order valence-electron chi connectivity index (χ4n) is 4.76. The van der Waals surface area contributed by atoms with E-state index in [1.165, 1.54) is 36.4 Å². The highest BCUT2D eigenvalue weighted by atomic mass is 19.4. The highest BCUT2D eigenvalue weighted by Gasteiger charge is 2.37. The van der Waals surface area contributed by atoms with Gasteiger partial charge in [-0.1, -0.05) is 31.0 Å². The molecule has 228 valence electrons. The lowest BCUT2D eigenvalue weighted by Gasteiger charge is -2.31. The summed E-state index contributed by atoms with van der Waals surface area (Å²) in [7, 11) is 0. The molecule has 0 aliphatic heterocycles. The highest BCUT2D eigenvalue weighted by molar-refractivity contribution is 6.03. The molecule has 1 unspecified atom stereocenters. The van der Waals surface area contributed by atoms with Gasteiger partial charge in [0.15, 0.2) is 5.69 Å². The molecular weight excluding hydrogens is 582 g/mol. The molecule has 2 heterocycles. The number of ether oxygens (including phenoxy) is 1. The molecule has 1 fully saturated rings. The molecule has 0 spiro atoms. The second kappa shape index (κ2) is 12.2. The van der Waals surface area contributed by atoms with Crippen LogP contribution in [0.15, 0.2) is 73.1 Å². The van der Waals surface area contributed by atoms with E-state index in [0.717, 1.165) is 25.3 Å². The van der Waals surface area contributed by atoms with Gasteiger partial charge in [-0.2, -0.15) is 18.3 Å². The molecular formula is C30H27F4N7O3. The molecule has 2 aromatic heterocycles. The number of rotatable bonds is 10. The zero-order valence-electron chi connectivity index (χ0n) is 23.1. The van der Waals surface area contributed by atoms with Crippen molar-refractivity contribution in [2.45, 2.75) is 37.4 Å². The predicted octanol–water partition coefficient (Wildman–Crippen LogP) is 5.77. The average Bonchev–Trinajstić information content (AvgIpc) is 3.71. The monoisotopic (exact) mass is 609 g/mol. The van der Waals surface area contributed by atoms with Crippen LogP contribution in [-0.2, 0) is 11.7 Å². The number of nitrogens with one attached hydrogen (secondary N) is 3. The second-order valence-electron chi connectivity index (χ2n) is 10.3. The Labute approximate surface area is 248 Å². The van der Waals surface area contributed by atoms with Crippen LogP contribution in [-0.4, -0.2) is 33.1 Å². The fraction of sp³-hybridized carbons (Fsp3) is 0.233. The third-order valence-corrected chi connectivity index (χ3v) is 7.25. The van der Waals surface area contributed by atoms with Gasteiger partial charge >= 0.3 is 12.3 Å². The summed E-state index contributed by atoms with van der Waals surface area (Å²) in [6, 6.07) is 13.3. The van der Waals surface area contributed by atoms with Crippen LogP contribution in [0, 0.1) is 17.1 Å². The number of hydrogen-bond donors (Lipinski definition) is 4. The number of amides is 2. The number of nitrogens with zero attached hydrogens (tertiary/aromatic N) is 3. The maximum absolute atomic E-state index is 15.1. The third-order valence-electron chi connectivity index (χ3n) is 7.25. The molecule has 1 aliphatic carbocycles. The summed E-state index contributed by atoms with van der Waals surface area (Å²) in [5.41, 5.74) is 4.75. The lowest BCUT2D eigenvalue weighted by molar-refractivity contribution is -0.141. The average molecular weight is 610 g/mol. The van der Waals surface area contributed by atoms with Gasteiger partial charge in [0, 0.05) is 24.5 Å². The first-order valence-electron chi connectivity index (χ1n) is 13.5. The van der Waals surface area contributed by atoms with Crippen LogP contribution < -0.4 is 21.1 Å². The molecule has 14 heteroatoms. The fourth-order valence-corrected chi connectivity index (χ4v) is 4.76. The van der Waals surface area contributed by atoms with Crippen LogP contribution in [0.1, 0.15) is 53.0 Å². The standard InChI is InChI=1S/C30H27F4N7O3/c31-23-9-8-19(29(36,11-10-18-6-7-18)20-3-2-12-37-16-20)13-24(23)39-27(42)25-15-26(30(32,33)34)40-41(25)21-4-1-5-22(14-21)44-28(43)38-17-35/h1-5,8-9,12-18H,6-7,10-11,36H2,(H,39,42)(H2,35,38,43). The summed E-state index contributed by atoms with van der Waals surface area (Å²) in [5.74, 6) is -1.46. The van der Waals surface area contributed by atoms with E-state index < -0.39 is 40.9 Å². The maximum atomic E-state index is 15.1. The minimum Gasteiger partial charge on any atom is -0.410 e. The van der Waals surface area contributed by atoms with Gasteiger partial charge in [0.25, 0.3) is 5.91 Å². The van der Waals surface area contributed by atoms with Crippen molar-refractivity contribution in [1.82, 2.24) is 20.1 Å². The molecule has 1 saturated carbocycles. The van der Waals surface area contributed by atoms with Gasteiger partial charge in [-0.3, -0.25) is 20.5 Å². The molecule has 2 amide bonds. The molecule has 1 aliphatic rings. The Bertz CT molecular complexity index is 1690. The van der Waals surface area contributed by atoms with E-state index >= 15 is 4.39 Å². The van der Waals surface area contributed by atoms with E-state index in [1.807, 2.05) is 11.4 Å². The number of hydrogen-bond acceptors (Lipinski definition) is 7. The van der Waals surface area contributed by atoms with Crippen LogP contribution in [0.25, 0.3) is 5.69 Å². The highest BCUT2D eigenvalue weighted by Crippen LogP contribution is 2.40. The van der Waals surface area contributed by atoms with E-state index in [1.54, 1.807) is 18.5 Å². The first-order valence-corrected chi connectivity index (χ1v) is 13.5. The third kappa shape index (κ3) is 6.75. The van der Waals surface area contributed by atoms with Crippen molar-refractivity contribution >= 4 is 24.0 Å². The molecule has 2 aromatic carbocycles. The minimum atomic E-state index is -4.91. The Morgan fingerprint density at radius 3 is 2.57 bits per heavy atom. The van der Waals surface area contributed by atoms with Crippen molar-refractivity contribution in [1.29, 1.82) is 5.41 Å². The van der Waals surface area contributed by atoms with Crippen molar-refractivity contribution in [3.63, 3.8) is 0 Å². The number of nitrogens with two attached hydrogens (primary N) is 1. The van der Waals surface area contributed by atoms with Crippen molar-refractivity contribution in [3.05, 3.63) is 101 Å². The number of carbonyl (C=O) groups is 2. The topological polar surface area (TPSA) is 148 Å². The zero-order valence-corrected chi connectivity index (χ0v) is 23.1. The van der Waals surface area contributed by atoms with Crippen LogP contribution in [0.2, 0.25) is 0 Å². The summed E-state index contributed by atoms with van der Waals surface area (Å²) in [5, 5.41) is 14.8. The van der Waals surface area contributed by atoms with Gasteiger partial charge in [-0.05, 0) is 60.2 Å². The first-order chi connectivity index (χ1) is 21.0. The van der Waals surface area contributed by atoms with Crippen molar-refractivity contribution in [2.75, 3.05) is 5.32 Å². The van der Waals surface area contributed by atoms with Gasteiger partial charge < -0.3 is 15.8 Å². The Morgan fingerprint density at radius 1 is 1.09 bits per heavy atom. The summed E-state index contributed by atoms with van der Waals surface area (Å²) >= 11 is 0. The van der Waals surface area contributed by atoms with Gasteiger partial charge in [-0.25, -0.2) is 13.9 Å². The van der Waals surface area contributed by atoms with E-state index in [2.05, 4.69) is 15.4 Å². The van der Waals surface area contributed by atoms with Gasteiger partial charge in [0.05, 0.1) is 23.3 Å². The summed E-state index contributed by atoms with van der Waals surface area (Å²) in [4.78, 5) is 29.3. The van der Waals surface area contributed by atoms with E-state index in [0.29, 0.717) is 40.6 Å². The van der Waals surface area contributed by atoms with E-state index in [9.17, 15) is 22.8 Å². The van der Waals surface area contributed by atoms with Crippen LogP contribution >= 0.6 is 0 Å². The summed E-state index contributed by atoms with van der Waals surface area (Å²) in [6.45, 7) is 0. The molecule has 0 radical (unpaired) electrons. The second-order valence-corrected chi connectivity index (χ2v) is 10.3. The maximum Gasteiger partial charge on any atom is 0.435 e. The quantitative estimate of drug-likeness (QED) is 0.102. The molecule has 10 nitrogen and oxygen atoms in total. The van der Waals surface area contributed by atoms with E-state index in [-0.39, 0.29) is 17.1 Å². The smallest absolute Gasteiger partial charge is 0.410 e. The molecule has 0 bridgehead atoms. The largest absolute Gasteiger partial charge is 0.435 e. The number of anilines is 1. The number of carbonyl (C=O) groups excluding carboxylic acids is 2. The lowest BCUT2D eigenvalue weighted by Crippen LogP contribution is -2.38. The number of halogens is 4. The Morgan fingerprint density at radius 2 is 1.89 bits per heavy atom. The summed E-state index contributed by atoms with van der Waals surface area (Å²) < 4.78 is 61.8. The Kier molecular flexibility index (Phi) is 8.45. The molecule has 44 heavy (non-hydrogen) atoms. The van der Waals surface area contributed by atoms with Crippen LogP contribution in [0.3, 0.4) is 0 Å². The molecule has 1 atom stereocenters. The number of benzene rings is 2. The Hall–Kier alpha value is -5.11. The SMILES string of the molecule is N=CNC(=O)Oc1cccc(-n2nc(C(F)(F)F)cc2C(=O)Nc2cc(C(N)(CCC3CC3)c3cccnc3)ccc2F)c1. The molecule has 5 N–H and O–H groups in total. The van der Waals surface area contributed by atoms with Crippen molar-refractivity contribution in [3.8, 4) is 11.4 Å². The number of aromatic nitrogens is 3. The number of pyridine rings is 1. The lowest BCUT2D eigenvalue weighted by atomic mass is 9.80. The first kappa shape index (κ1) is 30.4. The van der Waals surface area contributed by atoms with Crippen LogP contribution in [0.4, 0.5) is 28.0 Å². The van der Waals surface area contributed by atoms with Crippen LogP contribution in [0.5, 0.6) is 5.75 Å². The van der Waals surface area contributed by atoms with Crippen molar-refractivity contribution in [2.24, 2.45) is 11.7 Å². The Balaban J connectivity index is 1.49. The van der Waals surface area contributed by atoms with E-state index in [4.69, 9.17) is 15.9 Å². The molecule has 5 rings (SSSR count). The predicted molar refractivity (Wildman–Crippen MR) is 152 cm³/mol. The van der Waals surface area contributed by atoms with Gasteiger partial charge in [0.2, 0.25) is 0 Å². The van der Waals surface area contributed by atoms with Gasteiger partial charge in [-0.15, -0.1) is 0 Å². The van der Waals surface area contributed by atoms with Gasteiger partial charge in [0.1, 0.15) is 17.3 Å². The number of alkyl halides is 3.